The minimum Gasteiger partial charge on any atom is -0.469 e. The van der Waals surface area contributed by atoms with Gasteiger partial charge < -0.3 is 9.64 Å². The second-order valence-corrected chi connectivity index (χ2v) is 7.11. The number of methoxy groups -OCH3 is 1. The molecule has 3 rings (SSSR count). The van der Waals surface area contributed by atoms with Crippen LogP contribution in [-0.2, 0) is 9.53 Å². The first-order valence-electron chi connectivity index (χ1n) is 8.19. The molecular weight excluding hydrogens is 368 g/mol. The molecule has 0 unspecified atom stereocenters. The molecule has 0 aliphatic rings. The van der Waals surface area contributed by atoms with Crippen LogP contribution in [0.25, 0.3) is 11.3 Å². The van der Waals surface area contributed by atoms with Crippen molar-refractivity contribution in [3.8, 4) is 11.3 Å². The van der Waals surface area contributed by atoms with Crippen LogP contribution in [0.4, 0.5) is 10.8 Å². The van der Waals surface area contributed by atoms with Crippen molar-refractivity contribution in [1.82, 2.24) is 4.98 Å². The van der Waals surface area contributed by atoms with Gasteiger partial charge in [-0.1, -0.05) is 41.4 Å². The lowest BCUT2D eigenvalue weighted by molar-refractivity contribution is -0.140. The third kappa shape index (κ3) is 4.42. The van der Waals surface area contributed by atoms with Gasteiger partial charge in [0.2, 0.25) is 0 Å². The van der Waals surface area contributed by atoms with Crippen LogP contribution < -0.4 is 4.90 Å². The van der Waals surface area contributed by atoms with Gasteiger partial charge >= 0.3 is 5.97 Å². The lowest BCUT2D eigenvalue weighted by Gasteiger charge is -2.21. The van der Waals surface area contributed by atoms with Gasteiger partial charge in [0.15, 0.2) is 5.13 Å². The molecule has 0 spiro atoms. The van der Waals surface area contributed by atoms with Gasteiger partial charge in [-0.15, -0.1) is 11.3 Å². The third-order valence-corrected chi connectivity index (χ3v) is 5.09. The monoisotopic (exact) mass is 386 g/mol. The van der Waals surface area contributed by atoms with Gasteiger partial charge in [0, 0.05) is 28.2 Å². The molecular formula is C20H19ClN2O2S. The summed E-state index contributed by atoms with van der Waals surface area (Å²) < 4.78 is 4.78. The minimum atomic E-state index is -0.239. The maximum absolute atomic E-state index is 11.6. The Kier molecular flexibility index (Phi) is 5.91. The number of nitrogens with zero attached hydrogens (tertiary/aromatic N) is 2. The number of anilines is 2. The molecule has 0 fully saturated rings. The van der Waals surface area contributed by atoms with Gasteiger partial charge in [0.25, 0.3) is 0 Å². The Hall–Kier alpha value is -2.37. The average molecular weight is 387 g/mol. The Labute approximate surface area is 162 Å². The van der Waals surface area contributed by atoms with Crippen LogP contribution in [0, 0.1) is 6.92 Å². The van der Waals surface area contributed by atoms with E-state index in [1.54, 1.807) is 11.3 Å². The van der Waals surface area contributed by atoms with Crippen LogP contribution in [-0.4, -0.2) is 24.6 Å². The summed E-state index contributed by atoms with van der Waals surface area (Å²) in [7, 11) is 1.40. The normalized spacial score (nSPS) is 10.6. The second kappa shape index (κ2) is 8.34. The number of rotatable bonds is 6. The summed E-state index contributed by atoms with van der Waals surface area (Å²) >= 11 is 7.51. The number of carbonyl (C=O) groups is 1. The number of esters is 1. The van der Waals surface area contributed by atoms with Gasteiger partial charge in [0.05, 0.1) is 19.2 Å². The van der Waals surface area contributed by atoms with E-state index in [0.717, 1.165) is 22.1 Å². The molecule has 0 aliphatic heterocycles. The Morgan fingerprint density at radius 1 is 1.15 bits per heavy atom. The van der Waals surface area contributed by atoms with Crippen LogP contribution in [0.5, 0.6) is 0 Å². The van der Waals surface area contributed by atoms with E-state index in [2.05, 4.69) is 0 Å². The maximum Gasteiger partial charge on any atom is 0.307 e. The van der Waals surface area contributed by atoms with Crippen molar-refractivity contribution in [1.29, 1.82) is 0 Å². The molecule has 0 atom stereocenters. The number of benzene rings is 2. The van der Waals surface area contributed by atoms with Crippen LogP contribution in [0.2, 0.25) is 5.02 Å². The number of carbonyl (C=O) groups excluding carboxylic acids is 1. The first-order valence-corrected chi connectivity index (χ1v) is 9.45. The molecule has 4 nitrogen and oxygen atoms in total. The van der Waals surface area contributed by atoms with E-state index in [0.29, 0.717) is 18.0 Å². The van der Waals surface area contributed by atoms with Crippen molar-refractivity contribution >= 4 is 39.7 Å². The van der Waals surface area contributed by atoms with E-state index in [9.17, 15) is 4.79 Å². The average Bonchev–Trinajstić information content (AvgIpc) is 3.13. The largest absolute Gasteiger partial charge is 0.469 e. The van der Waals surface area contributed by atoms with Crippen molar-refractivity contribution in [3.05, 3.63) is 64.5 Å². The van der Waals surface area contributed by atoms with Gasteiger partial charge in [-0.25, -0.2) is 4.98 Å². The predicted molar refractivity (Wildman–Crippen MR) is 107 cm³/mol. The highest BCUT2D eigenvalue weighted by Gasteiger charge is 2.16. The molecule has 3 aromatic rings. The minimum absolute atomic E-state index is 0.239. The summed E-state index contributed by atoms with van der Waals surface area (Å²) in [6.45, 7) is 2.55. The highest BCUT2D eigenvalue weighted by Crippen LogP contribution is 2.32. The van der Waals surface area contributed by atoms with Crippen LogP contribution in [0.15, 0.2) is 53.9 Å². The lowest BCUT2D eigenvalue weighted by atomic mass is 10.2. The summed E-state index contributed by atoms with van der Waals surface area (Å²) in [6.07, 6.45) is 0.292. The lowest BCUT2D eigenvalue weighted by Crippen LogP contribution is -2.21. The number of hydrogen-bond donors (Lipinski definition) is 0. The first kappa shape index (κ1) is 18.4. The standard InChI is InChI=1S/C20H19ClN2O2S/c1-14-3-9-17(10-4-14)23(12-11-19(24)25-2)20-22-18(13-26-20)15-5-7-16(21)8-6-15/h3-10,13H,11-12H2,1-2H3. The molecule has 0 N–H and O–H groups in total. The molecule has 0 saturated heterocycles. The van der Waals surface area contributed by atoms with Gasteiger partial charge in [-0.05, 0) is 31.2 Å². The zero-order valence-electron chi connectivity index (χ0n) is 14.6. The molecule has 0 saturated carbocycles. The fraction of sp³-hybridized carbons (Fsp3) is 0.200. The van der Waals surface area contributed by atoms with Crippen molar-refractivity contribution in [2.45, 2.75) is 13.3 Å². The highest BCUT2D eigenvalue weighted by molar-refractivity contribution is 7.14. The molecule has 0 radical (unpaired) electrons. The Bertz CT molecular complexity index is 876. The first-order chi connectivity index (χ1) is 12.6. The van der Waals surface area contributed by atoms with Crippen molar-refractivity contribution in [2.75, 3.05) is 18.6 Å². The molecule has 2 aromatic carbocycles. The molecule has 26 heavy (non-hydrogen) atoms. The molecule has 0 amide bonds. The third-order valence-electron chi connectivity index (χ3n) is 3.98. The van der Waals surface area contributed by atoms with Crippen molar-refractivity contribution in [2.24, 2.45) is 0 Å². The van der Waals surface area contributed by atoms with Gasteiger partial charge in [0.1, 0.15) is 0 Å². The van der Waals surface area contributed by atoms with E-state index in [1.807, 2.05) is 65.7 Å². The maximum atomic E-state index is 11.6. The Balaban J connectivity index is 1.89. The number of ether oxygens (including phenoxy) is 1. The fourth-order valence-electron chi connectivity index (χ4n) is 2.51. The topological polar surface area (TPSA) is 42.4 Å². The quantitative estimate of drug-likeness (QED) is 0.526. The number of aryl methyl sites for hydroxylation is 1. The van der Waals surface area contributed by atoms with E-state index in [1.165, 1.54) is 12.7 Å². The zero-order valence-corrected chi connectivity index (χ0v) is 16.2. The van der Waals surface area contributed by atoms with Crippen LogP contribution >= 0.6 is 22.9 Å². The summed E-state index contributed by atoms with van der Waals surface area (Å²) in [4.78, 5) is 18.4. The SMILES string of the molecule is COC(=O)CCN(c1ccc(C)cc1)c1nc(-c2ccc(Cl)cc2)cs1. The molecule has 6 heteroatoms. The summed E-state index contributed by atoms with van der Waals surface area (Å²) in [6, 6.07) is 15.8. The fourth-order valence-corrected chi connectivity index (χ4v) is 3.51. The number of thiazole rings is 1. The van der Waals surface area contributed by atoms with Crippen LogP contribution in [0.1, 0.15) is 12.0 Å². The van der Waals surface area contributed by atoms with Crippen molar-refractivity contribution in [3.63, 3.8) is 0 Å². The number of halogens is 1. The summed E-state index contributed by atoms with van der Waals surface area (Å²) in [5, 5.41) is 3.55. The zero-order chi connectivity index (χ0) is 18.5. The Morgan fingerprint density at radius 3 is 2.50 bits per heavy atom. The molecule has 0 aliphatic carbocycles. The Morgan fingerprint density at radius 2 is 1.85 bits per heavy atom. The van der Waals surface area contributed by atoms with Crippen LogP contribution in [0.3, 0.4) is 0 Å². The predicted octanol–water partition coefficient (Wildman–Crippen LogP) is 5.47. The summed E-state index contributed by atoms with van der Waals surface area (Å²) in [5.41, 5.74) is 4.07. The van der Waals surface area contributed by atoms with E-state index in [-0.39, 0.29) is 5.97 Å². The smallest absolute Gasteiger partial charge is 0.307 e. The van der Waals surface area contributed by atoms with E-state index in [4.69, 9.17) is 21.3 Å². The molecule has 1 aromatic heterocycles. The van der Waals surface area contributed by atoms with Crippen molar-refractivity contribution < 1.29 is 9.53 Å². The summed E-state index contributed by atoms with van der Waals surface area (Å²) in [5.74, 6) is -0.239. The molecule has 134 valence electrons. The molecule has 1 heterocycles. The number of hydrogen-bond acceptors (Lipinski definition) is 5. The molecule has 0 bridgehead atoms. The van der Waals surface area contributed by atoms with E-state index >= 15 is 0 Å². The second-order valence-electron chi connectivity index (χ2n) is 5.84. The van der Waals surface area contributed by atoms with Gasteiger partial charge in [-0.3, -0.25) is 4.79 Å². The van der Waals surface area contributed by atoms with Gasteiger partial charge in [-0.2, -0.15) is 0 Å². The highest BCUT2D eigenvalue weighted by atomic mass is 35.5. The number of aromatic nitrogens is 1. The van der Waals surface area contributed by atoms with E-state index < -0.39 is 0 Å².